The van der Waals surface area contributed by atoms with Crippen molar-refractivity contribution in [1.82, 2.24) is 4.72 Å². The summed E-state index contributed by atoms with van der Waals surface area (Å²) >= 11 is 0. The first-order valence-electron chi connectivity index (χ1n) is 8.72. The molecule has 0 bridgehead atoms. The SMILES string of the molecule is CCC(C)NS(=O)(=O)c1ccc(C(=O)Nc2ccc(OCCN)cc2)cc1. The highest BCUT2D eigenvalue weighted by Gasteiger charge is 2.17. The van der Waals surface area contributed by atoms with Crippen molar-refractivity contribution in [3.05, 3.63) is 54.1 Å². The fraction of sp³-hybridized carbons (Fsp3) is 0.316. The molecule has 0 radical (unpaired) electrons. The van der Waals surface area contributed by atoms with Gasteiger partial charge in [0.25, 0.3) is 5.91 Å². The van der Waals surface area contributed by atoms with Crippen LogP contribution in [0, 0.1) is 0 Å². The van der Waals surface area contributed by atoms with Crippen LogP contribution in [0.5, 0.6) is 5.75 Å². The van der Waals surface area contributed by atoms with Crippen LogP contribution in [0.25, 0.3) is 0 Å². The molecule has 0 saturated heterocycles. The van der Waals surface area contributed by atoms with Gasteiger partial charge in [0.2, 0.25) is 10.0 Å². The second-order valence-corrected chi connectivity index (χ2v) is 7.78. The number of hydrogen-bond acceptors (Lipinski definition) is 5. The van der Waals surface area contributed by atoms with E-state index < -0.39 is 10.0 Å². The molecular weight excluding hydrogens is 366 g/mol. The Morgan fingerprint density at radius 3 is 2.30 bits per heavy atom. The topological polar surface area (TPSA) is 111 Å². The van der Waals surface area contributed by atoms with Gasteiger partial charge < -0.3 is 15.8 Å². The van der Waals surface area contributed by atoms with Gasteiger partial charge in [0, 0.05) is 23.8 Å². The first kappa shape index (κ1) is 20.9. The highest BCUT2D eigenvalue weighted by Crippen LogP contribution is 2.17. The van der Waals surface area contributed by atoms with E-state index in [1.807, 2.05) is 6.92 Å². The molecule has 0 saturated carbocycles. The number of benzene rings is 2. The van der Waals surface area contributed by atoms with Crippen molar-refractivity contribution >= 4 is 21.6 Å². The highest BCUT2D eigenvalue weighted by atomic mass is 32.2. The minimum absolute atomic E-state index is 0.126. The summed E-state index contributed by atoms with van der Waals surface area (Å²) < 4.78 is 32.5. The van der Waals surface area contributed by atoms with Crippen molar-refractivity contribution in [3.63, 3.8) is 0 Å². The van der Waals surface area contributed by atoms with Crippen LogP contribution in [0.4, 0.5) is 5.69 Å². The zero-order valence-electron chi connectivity index (χ0n) is 15.4. The average molecular weight is 391 g/mol. The summed E-state index contributed by atoms with van der Waals surface area (Å²) in [5.41, 5.74) is 6.35. The van der Waals surface area contributed by atoms with Crippen LogP contribution in [0.15, 0.2) is 53.4 Å². The maximum atomic E-state index is 12.3. The lowest BCUT2D eigenvalue weighted by molar-refractivity contribution is 0.102. The largest absolute Gasteiger partial charge is 0.492 e. The van der Waals surface area contributed by atoms with Crippen molar-refractivity contribution in [3.8, 4) is 5.75 Å². The van der Waals surface area contributed by atoms with Gasteiger partial charge in [-0.05, 0) is 61.9 Å². The Morgan fingerprint density at radius 1 is 1.11 bits per heavy atom. The molecule has 0 aliphatic rings. The molecule has 2 aromatic rings. The van der Waals surface area contributed by atoms with E-state index in [9.17, 15) is 13.2 Å². The van der Waals surface area contributed by atoms with Gasteiger partial charge in [-0.2, -0.15) is 0 Å². The molecular formula is C19H25N3O4S. The molecule has 27 heavy (non-hydrogen) atoms. The molecule has 1 unspecified atom stereocenters. The standard InChI is InChI=1S/C19H25N3O4S/c1-3-14(2)22-27(24,25)18-10-4-15(5-11-18)19(23)21-16-6-8-17(9-7-16)26-13-12-20/h4-11,14,22H,3,12-13,20H2,1-2H3,(H,21,23). The number of anilines is 1. The fourth-order valence-electron chi connectivity index (χ4n) is 2.22. The lowest BCUT2D eigenvalue weighted by Gasteiger charge is -2.12. The summed E-state index contributed by atoms with van der Waals surface area (Å²) in [6.45, 7) is 4.55. The minimum atomic E-state index is -3.59. The molecule has 1 atom stereocenters. The van der Waals surface area contributed by atoms with E-state index in [2.05, 4.69) is 10.0 Å². The molecule has 0 spiro atoms. The van der Waals surface area contributed by atoms with Gasteiger partial charge in [0.05, 0.1) is 4.90 Å². The lowest BCUT2D eigenvalue weighted by Crippen LogP contribution is -2.32. The average Bonchev–Trinajstić information content (AvgIpc) is 2.67. The van der Waals surface area contributed by atoms with Crippen molar-refractivity contribution < 1.29 is 17.9 Å². The Morgan fingerprint density at radius 2 is 1.74 bits per heavy atom. The van der Waals surface area contributed by atoms with Crippen LogP contribution in [0.3, 0.4) is 0 Å². The summed E-state index contributed by atoms with van der Waals surface area (Å²) in [6, 6.07) is 12.6. The van der Waals surface area contributed by atoms with Crippen LogP contribution in [0.1, 0.15) is 30.6 Å². The zero-order chi connectivity index (χ0) is 19.9. The molecule has 2 rings (SSSR count). The van der Waals surface area contributed by atoms with Gasteiger partial charge in [-0.15, -0.1) is 0 Å². The lowest BCUT2D eigenvalue weighted by atomic mass is 10.2. The van der Waals surface area contributed by atoms with Crippen molar-refractivity contribution in [1.29, 1.82) is 0 Å². The van der Waals surface area contributed by atoms with E-state index in [1.54, 1.807) is 31.2 Å². The molecule has 0 heterocycles. The molecule has 2 aromatic carbocycles. The Bertz CT molecular complexity index is 850. The van der Waals surface area contributed by atoms with Crippen LogP contribution in [-0.4, -0.2) is 33.5 Å². The monoisotopic (exact) mass is 391 g/mol. The molecule has 1 amide bonds. The molecule has 0 aliphatic heterocycles. The number of ether oxygens (including phenoxy) is 1. The number of carbonyl (C=O) groups is 1. The van der Waals surface area contributed by atoms with Gasteiger partial charge in [-0.1, -0.05) is 6.92 Å². The van der Waals surface area contributed by atoms with Gasteiger partial charge in [-0.25, -0.2) is 13.1 Å². The number of nitrogens with two attached hydrogens (primary N) is 1. The number of sulfonamides is 1. The Balaban J connectivity index is 2.03. The second-order valence-electron chi connectivity index (χ2n) is 6.07. The minimum Gasteiger partial charge on any atom is -0.492 e. The van der Waals surface area contributed by atoms with Gasteiger partial charge in [0.15, 0.2) is 0 Å². The summed E-state index contributed by atoms with van der Waals surface area (Å²) in [6.07, 6.45) is 0.690. The van der Waals surface area contributed by atoms with Gasteiger partial charge >= 0.3 is 0 Å². The molecule has 4 N–H and O–H groups in total. The van der Waals surface area contributed by atoms with Crippen molar-refractivity contribution in [2.75, 3.05) is 18.5 Å². The van der Waals surface area contributed by atoms with Crippen molar-refractivity contribution in [2.24, 2.45) is 5.73 Å². The third kappa shape index (κ3) is 6.06. The molecule has 7 nitrogen and oxygen atoms in total. The first-order valence-corrected chi connectivity index (χ1v) is 10.2. The normalized spacial score (nSPS) is 12.4. The van der Waals surface area contributed by atoms with E-state index in [1.165, 1.54) is 24.3 Å². The van der Waals surface area contributed by atoms with Gasteiger partial charge in [0.1, 0.15) is 12.4 Å². The highest BCUT2D eigenvalue weighted by molar-refractivity contribution is 7.89. The van der Waals surface area contributed by atoms with E-state index in [-0.39, 0.29) is 16.8 Å². The summed E-state index contributed by atoms with van der Waals surface area (Å²) in [4.78, 5) is 12.5. The number of nitrogens with one attached hydrogen (secondary N) is 2. The third-order valence-electron chi connectivity index (χ3n) is 3.89. The van der Waals surface area contributed by atoms with Gasteiger partial charge in [-0.3, -0.25) is 4.79 Å². The van der Waals surface area contributed by atoms with Crippen LogP contribution >= 0.6 is 0 Å². The number of rotatable bonds is 9. The second kappa shape index (κ2) is 9.50. The quantitative estimate of drug-likeness (QED) is 0.608. The van der Waals surface area contributed by atoms with E-state index in [4.69, 9.17) is 10.5 Å². The van der Waals surface area contributed by atoms with Crippen molar-refractivity contribution in [2.45, 2.75) is 31.2 Å². The maximum Gasteiger partial charge on any atom is 0.255 e. The van der Waals surface area contributed by atoms with Crippen LogP contribution in [0.2, 0.25) is 0 Å². The molecule has 146 valence electrons. The Labute approximate surface area is 160 Å². The zero-order valence-corrected chi connectivity index (χ0v) is 16.3. The first-order chi connectivity index (χ1) is 12.9. The summed E-state index contributed by atoms with van der Waals surface area (Å²) in [5.74, 6) is 0.339. The van der Waals surface area contributed by atoms with Crippen LogP contribution in [-0.2, 0) is 10.0 Å². The molecule has 8 heteroatoms. The predicted octanol–water partition coefficient (Wildman–Crippen LogP) is 2.35. The van der Waals surface area contributed by atoms with E-state index >= 15 is 0 Å². The van der Waals surface area contributed by atoms with Crippen LogP contribution < -0.4 is 20.5 Å². The number of amides is 1. The summed E-state index contributed by atoms with van der Waals surface area (Å²) in [7, 11) is -3.59. The Kier molecular flexibility index (Phi) is 7.35. The molecule has 0 aliphatic carbocycles. The summed E-state index contributed by atoms with van der Waals surface area (Å²) in [5, 5.41) is 2.76. The number of carbonyl (C=O) groups excluding carboxylic acids is 1. The smallest absolute Gasteiger partial charge is 0.255 e. The third-order valence-corrected chi connectivity index (χ3v) is 5.50. The Hall–Kier alpha value is -2.42. The van der Waals surface area contributed by atoms with E-state index in [0.717, 1.165) is 0 Å². The maximum absolute atomic E-state index is 12.3. The fourth-order valence-corrected chi connectivity index (χ4v) is 3.54. The predicted molar refractivity (Wildman–Crippen MR) is 105 cm³/mol. The molecule has 0 aromatic heterocycles. The number of hydrogen-bond donors (Lipinski definition) is 3. The van der Waals surface area contributed by atoms with E-state index in [0.29, 0.717) is 36.6 Å². The molecule has 0 fully saturated rings.